The molecular weight excluding hydrogens is 392 g/mol. The molecule has 0 unspecified atom stereocenters. The van der Waals surface area contributed by atoms with E-state index >= 15 is 0 Å². The third-order valence-electron chi connectivity index (χ3n) is 4.67. The molecule has 2 N–H and O–H groups in total. The summed E-state index contributed by atoms with van der Waals surface area (Å²) in [5, 5.41) is 0.702. The van der Waals surface area contributed by atoms with E-state index in [4.69, 9.17) is 22.1 Å². The Bertz CT molecular complexity index is 1040. The van der Waals surface area contributed by atoms with Crippen LogP contribution in [0.1, 0.15) is 37.8 Å². The molecular formula is C21H21ClN4O3. The number of hydrogen-bond donors (Lipinski definition) is 1. The average molecular weight is 413 g/mol. The molecule has 150 valence electrons. The minimum Gasteiger partial charge on any atom is -0.452 e. The topological polar surface area (TPSA) is 100 Å². The fourth-order valence-corrected chi connectivity index (χ4v) is 3.23. The maximum atomic E-state index is 12.6. The van der Waals surface area contributed by atoms with Gasteiger partial charge in [0.05, 0.1) is 0 Å². The number of nitrogen functional groups attached to an aromatic ring is 1. The van der Waals surface area contributed by atoms with Crippen LogP contribution in [0.4, 0.5) is 5.82 Å². The zero-order valence-electron chi connectivity index (χ0n) is 16.2. The number of ketones is 1. The van der Waals surface area contributed by atoms with Gasteiger partial charge in [0, 0.05) is 40.9 Å². The lowest BCUT2D eigenvalue weighted by molar-refractivity contribution is 0.0469. The number of carbonyl (C=O) groups is 2. The third kappa shape index (κ3) is 4.81. The van der Waals surface area contributed by atoms with E-state index in [-0.39, 0.29) is 17.3 Å². The maximum absolute atomic E-state index is 12.6. The van der Waals surface area contributed by atoms with Crippen molar-refractivity contribution in [1.29, 1.82) is 0 Å². The third-order valence-corrected chi connectivity index (χ3v) is 4.92. The predicted octanol–water partition coefficient (Wildman–Crippen LogP) is 3.41. The number of ether oxygens (including phenoxy) is 1. The molecule has 0 aliphatic rings. The molecule has 0 aliphatic carbocycles. The minimum atomic E-state index is -0.777. The van der Waals surface area contributed by atoms with Gasteiger partial charge in [0.1, 0.15) is 0 Å². The quantitative estimate of drug-likeness (QED) is 0.471. The monoisotopic (exact) mass is 412 g/mol. The Kier molecular flexibility index (Phi) is 6.29. The van der Waals surface area contributed by atoms with E-state index in [1.165, 1.54) is 12.4 Å². The molecule has 0 radical (unpaired) electrons. The number of hydrogen-bond acceptors (Lipinski definition) is 6. The largest absolute Gasteiger partial charge is 0.452 e. The molecule has 7 nitrogen and oxygen atoms in total. The number of Topliss-reactive ketones (excluding diaryl/α,β-unsaturated/α-hetero) is 1. The van der Waals surface area contributed by atoms with Gasteiger partial charge in [-0.25, -0.2) is 14.8 Å². The van der Waals surface area contributed by atoms with E-state index < -0.39 is 12.6 Å². The molecule has 8 heteroatoms. The van der Waals surface area contributed by atoms with Crippen LogP contribution >= 0.6 is 11.6 Å². The van der Waals surface area contributed by atoms with Crippen LogP contribution in [0.2, 0.25) is 5.02 Å². The van der Waals surface area contributed by atoms with Crippen LogP contribution in [-0.2, 0) is 17.7 Å². The second kappa shape index (κ2) is 8.87. The first-order chi connectivity index (χ1) is 13.9. The molecule has 2 aromatic heterocycles. The first kappa shape index (κ1) is 20.5. The van der Waals surface area contributed by atoms with Gasteiger partial charge in [-0.05, 0) is 44.0 Å². The lowest BCUT2D eigenvalue weighted by Crippen LogP contribution is -2.17. The number of esters is 1. The summed E-state index contributed by atoms with van der Waals surface area (Å²) in [4.78, 5) is 32.3. The molecule has 0 bridgehead atoms. The van der Waals surface area contributed by atoms with Gasteiger partial charge in [-0.15, -0.1) is 0 Å². The van der Waals surface area contributed by atoms with Crippen LogP contribution in [0, 0.1) is 13.8 Å². The molecule has 0 amide bonds. The molecule has 0 aliphatic heterocycles. The van der Waals surface area contributed by atoms with Crippen molar-refractivity contribution >= 4 is 29.2 Å². The van der Waals surface area contributed by atoms with Crippen LogP contribution in [0.5, 0.6) is 0 Å². The van der Waals surface area contributed by atoms with Crippen LogP contribution in [0.15, 0.2) is 42.7 Å². The van der Waals surface area contributed by atoms with Crippen molar-refractivity contribution in [2.45, 2.75) is 26.8 Å². The number of rotatable bonds is 7. The highest BCUT2D eigenvalue weighted by atomic mass is 35.5. The predicted molar refractivity (Wildman–Crippen MR) is 110 cm³/mol. The standard InChI is InChI=1S/C21H21ClN4O3/c1-13-11-17(14(2)26(13)10-7-15-3-5-16(22)6-4-15)18(27)12-29-21(28)19-20(23)25-9-8-24-19/h3-6,8-9,11H,7,10,12H2,1-2H3,(H2,23,25). The van der Waals surface area contributed by atoms with Gasteiger partial charge in [-0.3, -0.25) is 4.79 Å². The van der Waals surface area contributed by atoms with Crippen molar-refractivity contribution in [3.05, 3.63) is 76.0 Å². The molecule has 3 aromatic rings. The van der Waals surface area contributed by atoms with Crippen molar-refractivity contribution < 1.29 is 14.3 Å². The summed E-state index contributed by atoms with van der Waals surface area (Å²) in [7, 11) is 0. The van der Waals surface area contributed by atoms with Crippen LogP contribution in [0.3, 0.4) is 0 Å². The van der Waals surface area contributed by atoms with E-state index in [0.717, 1.165) is 29.9 Å². The lowest BCUT2D eigenvalue weighted by Gasteiger charge is -2.10. The number of anilines is 1. The fourth-order valence-electron chi connectivity index (χ4n) is 3.10. The van der Waals surface area contributed by atoms with Gasteiger partial charge in [0.15, 0.2) is 18.1 Å². The number of aromatic nitrogens is 3. The molecule has 0 spiro atoms. The van der Waals surface area contributed by atoms with Crippen LogP contribution in [0.25, 0.3) is 0 Å². The summed E-state index contributed by atoms with van der Waals surface area (Å²) in [5.41, 5.74) is 8.98. The second-order valence-electron chi connectivity index (χ2n) is 6.60. The number of benzene rings is 1. The first-order valence-electron chi connectivity index (χ1n) is 9.04. The summed E-state index contributed by atoms with van der Waals surface area (Å²) in [6.07, 6.45) is 3.52. The number of carbonyl (C=O) groups excluding carboxylic acids is 2. The molecule has 0 fully saturated rings. The van der Waals surface area contributed by atoms with Crippen molar-refractivity contribution in [2.75, 3.05) is 12.3 Å². The Labute approximate surface area is 173 Å². The zero-order chi connectivity index (χ0) is 21.0. The molecule has 29 heavy (non-hydrogen) atoms. The number of nitrogens with zero attached hydrogens (tertiary/aromatic N) is 3. The number of nitrogens with two attached hydrogens (primary N) is 1. The molecule has 2 heterocycles. The van der Waals surface area contributed by atoms with Gasteiger partial charge in [0.2, 0.25) is 5.78 Å². The highest BCUT2D eigenvalue weighted by Crippen LogP contribution is 2.18. The van der Waals surface area contributed by atoms with Crippen molar-refractivity contribution in [3.63, 3.8) is 0 Å². The molecule has 0 saturated heterocycles. The Morgan fingerprint density at radius 3 is 2.52 bits per heavy atom. The van der Waals surface area contributed by atoms with E-state index in [1.54, 1.807) is 0 Å². The van der Waals surface area contributed by atoms with E-state index in [0.29, 0.717) is 10.6 Å². The first-order valence-corrected chi connectivity index (χ1v) is 9.42. The normalized spacial score (nSPS) is 10.7. The van der Waals surface area contributed by atoms with Crippen molar-refractivity contribution in [1.82, 2.24) is 14.5 Å². The number of halogens is 1. The smallest absolute Gasteiger partial charge is 0.361 e. The second-order valence-corrected chi connectivity index (χ2v) is 7.04. The van der Waals surface area contributed by atoms with Gasteiger partial charge < -0.3 is 15.0 Å². The highest BCUT2D eigenvalue weighted by molar-refractivity contribution is 6.30. The van der Waals surface area contributed by atoms with E-state index in [1.807, 2.05) is 44.2 Å². The Morgan fingerprint density at radius 1 is 1.14 bits per heavy atom. The minimum absolute atomic E-state index is 0.0367. The molecule has 0 saturated carbocycles. The van der Waals surface area contributed by atoms with Crippen molar-refractivity contribution in [3.8, 4) is 0 Å². The van der Waals surface area contributed by atoms with Gasteiger partial charge in [-0.2, -0.15) is 0 Å². The molecule has 0 atom stereocenters. The molecule has 3 rings (SSSR count). The SMILES string of the molecule is Cc1cc(C(=O)COC(=O)c2nccnc2N)c(C)n1CCc1ccc(Cl)cc1. The average Bonchev–Trinajstić information content (AvgIpc) is 2.99. The summed E-state index contributed by atoms with van der Waals surface area (Å²) in [5.74, 6) is -1.10. The van der Waals surface area contributed by atoms with Crippen molar-refractivity contribution in [2.24, 2.45) is 0 Å². The van der Waals surface area contributed by atoms with Gasteiger partial charge >= 0.3 is 5.97 Å². The number of aryl methyl sites for hydroxylation is 2. The Morgan fingerprint density at radius 2 is 1.83 bits per heavy atom. The summed E-state index contributed by atoms with van der Waals surface area (Å²) in [6.45, 7) is 4.15. The van der Waals surface area contributed by atoms with E-state index in [9.17, 15) is 9.59 Å². The fraction of sp³-hybridized carbons (Fsp3) is 0.238. The Hall–Kier alpha value is -3.19. The highest BCUT2D eigenvalue weighted by Gasteiger charge is 2.19. The van der Waals surface area contributed by atoms with Gasteiger partial charge in [0.25, 0.3) is 0 Å². The lowest BCUT2D eigenvalue weighted by atomic mass is 10.1. The van der Waals surface area contributed by atoms with Crippen LogP contribution in [-0.4, -0.2) is 32.9 Å². The Balaban J connectivity index is 1.65. The van der Waals surface area contributed by atoms with Crippen LogP contribution < -0.4 is 5.73 Å². The zero-order valence-corrected chi connectivity index (χ0v) is 16.9. The van der Waals surface area contributed by atoms with E-state index in [2.05, 4.69) is 14.5 Å². The summed E-state index contributed by atoms with van der Waals surface area (Å²) >= 11 is 5.92. The maximum Gasteiger partial charge on any atom is 0.361 e. The van der Waals surface area contributed by atoms with Gasteiger partial charge in [-0.1, -0.05) is 23.7 Å². The summed E-state index contributed by atoms with van der Waals surface area (Å²) < 4.78 is 7.15. The summed E-state index contributed by atoms with van der Waals surface area (Å²) in [6, 6.07) is 9.50. The molecule has 1 aromatic carbocycles.